The molecule has 3 rings (SSSR count). The Balaban J connectivity index is 1.59. The first-order valence-corrected chi connectivity index (χ1v) is 11.3. The summed E-state index contributed by atoms with van der Waals surface area (Å²) in [4.78, 5) is 11.2. The maximum absolute atomic E-state index is 12.5. The lowest BCUT2D eigenvalue weighted by atomic mass is 10.1. The van der Waals surface area contributed by atoms with Gasteiger partial charge in [-0.05, 0) is 85.8 Å². The zero-order valence-electron chi connectivity index (χ0n) is 17.7. The summed E-state index contributed by atoms with van der Waals surface area (Å²) in [5.74, 6) is 0.313. The molecule has 2 N–H and O–H groups in total. The molecule has 0 saturated heterocycles. The highest BCUT2D eigenvalue weighted by Crippen LogP contribution is 2.24. The van der Waals surface area contributed by atoms with Gasteiger partial charge in [-0.3, -0.25) is 0 Å². The second kappa shape index (κ2) is 9.32. The van der Waals surface area contributed by atoms with Gasteiger partial charge >= 0.3 is 5.97 Å². The number of rotatable bonds is 8. The van der Waals surface area contributed by atoms with Crippen LogP contribution in [0, 0.1) is 20.8 Å². The summed E-state index contributed by atoms with van der Waals surface area (Å²) in [5, 5.41) is 9.20. The third kappa shape index (κ3) is 5.71. The molecule has 0 heterocycles. The second-order valence-corrected chi connectivity index (χ2v) is 9.19. The van der Waals surface area contributed by atoms with Crippen molar-refractivity contribution >= 4 is 16.0 Å². The Kier molecular flexibility index (Phi) is 6.77. The van der Waals surface area contributed by atoms with Crippen LogP contribution in [0.1, 0.15) is 32.6 Å². The fourth-order valence-corrected chi connectivity index (χ4v) is 4.11. The van der Waals surface area contributed by atoms with Gasteiger partial charge in [0.05, 0.1) is 10.5 Å². The Morgan fingerprint density at radius 1 is 0.871 bits per heavy atom. The number of carboxylic acid groups (broad SMARTS) is 1. The standard InChI is InChI=1S/C24H25NO5S/c1-16-4-8-21(14-18(16)3)30-20-9-6-19(7-10-20)12-13-25-31(28,29)22-11-5-17(2)23(15-22)24(26)27/h4-11,14-15,25H,12-13H2,1-3H3,(H,26,27). The highest BCUT2D eigenvalue weighted by Gasteiger charge is 2.17. The van der Waals surface area contributed by atoms with Crippen molar-refractivity contribution in [2.75, 3.05) is 6.54 Å². The average molecular weight is 440 g/mol. The maximum atomic E-state index is 12.5. The van der Waals surface area contributed by atoms with E-state index in [4.69, 9.17) is 4.74 Å². The van der Waals surface area contributed by atoms with Crippen molar-refractivity contribution in [3.8, 4) is 11.5 Å². The summed E-state index contributed by atoms with van der Waals surface area (Å²) in [6.45, 7) is 5.90. The summed E-state index contributed by atoms with van der Waals surface area (Å²) in [5.41, 5.74) is 3.79. The molecular weight excluding hydrogens is 414 g/mol. The van der Waals surface area contributed by atoms with Crippen molar-refractivity contribution in [3.63, 3.8) is 0 Å². The molecule has 0 saturated carbocycles. The molecule has 0 radical (unpaired) electrons. The van der Waals surface area contributed by atoms with Gasteiger partial charge in [0.15, 0.2) is 0 Å². The monoisotopic (exact) mass is 439 g/mol. The number of aromatic carboxylic acids is 1. The number of sulfonamides is 1. The van der Waals surface area contributed by atoms with Crippen LogP contribution in [0.4, 0.5) is 0 Å². The van der Waals surface area contributed by atoms with Crippen molar-refractivity contribution in [3.05, 3.63) is 88.5 Å². The normalized spacial score (nSPS) is 11.3. The van der Waals surface area contributed by atoms with E-state index >= 15 is 0 Å². The molecule has 0 atom stereocenters. The van der Waals surface area contributed by atoms with Crippen molar-refractivity contribution in [1.29, 1.82) is 0 Å². The predicted molar refractivity (Wildman–Crippen MR) is 119 cm³/mol. The molecule has 0 fully saturated rings. The SMILES string of the molecule is Cc1ccc(Oc2ccc(CCNS(=O)(=O)c3ccc(C)c(C(=O)O)c3)cc2)cc1C. The molecule has 3 aromatic rings. The van der Waals surface area contributed by atoms with Crippen LogP contribution in [0.3, 0.4) is 0 Å². The summed E-state index contributed by atoms with van der Waals surface area (Å²) >= 11 is 0. The van der Waals surface area contributed by atoms with Crippen molar-refractivity contribution in [2.45, 2.75) is 32.1 Å². The van der Waals surface area contributed by atoms with Crippen LogP contribution >= 0.6 is 0 Å². The average Bonchev–Trinajstić information content (AvgIpc) is 2.72. The van der Waals surface area contributed by atoms with E-state index in [1.807, 2.05) is 56.3 Å². The summed E-state index contributed by atoms with van der Waals surface area (Å²) in [7, 11) is -3.80. The zero-order chi connectivity index (χ0) is 22.6. The Hall–Kier alpha value is -3.16. The first-order valence-electron chi connectivity index (χ1n) is 9.83. The van der Waals surface area contributed by atoms with E-state index in [-0.39, 0.29) is 17.0 Å². The van der Waals surface area contributed by atoms with Gasteiger partial charge in [0, 0.05) is 6.54 Å². The maximum Gasteiger partial charge on any atom is 0.335 e. The molecule has 31 heavy (non-hydrogen) atoms. The van der Waals surface area contributed by atoms with Crippen LogP contribution in [-0.4, -0.2) is 26.0 Å². The molecule has 0 aliphatic heterocycles. The molecule has 7 heteroatoms. The van der Waals surface area contributed by atoms with Gasteiger partial charge in [-0.2, -0.15) is 0 Å². The topological polar surface area (TPSA) is 92.7 Å². The van der Waals surface area contributed by atoms with Crippen LogP contribution < -0.4 is 9.46 Å². The molecule has 0 aromatic heterocycles. The number of hydrogen-bond acceptors (Lipinski definition) is 4. The van der Waals surface area contributed by atoms with E-state index in [0.717, 1.165) is 16.9 Å². The molecule has 0 bridgehead atoms. The van der Waals surface area contributed by atoms with Gasteiger partial charge in [-0.1, -0.05) is 24.3 Å². The molecule has 3 aromatic carbocycles. The fourth-order valence-electron chi connectivity index (χ4n) is 3.05. The lowest BCUT2D eigenvalue weighted by molar-refractivity contribution is 0.0696. The number of carbonyl (C=O) groups is 1. The molecule has 0 unspecified atom stereocenters. The molecule has 0 spiro atoms. The van der Waals surface area contributed by atoms with Crippen molar-refractivity contribution in [2.24, 2.45) is 0 Å². The first-order chi connectivity index (χ1) is 14.7. The number of aryl methyl sites for hydroxylation is 3. The Morgan fingerprint density at radius 3 is 2.16 bits per heavy atom. The quantitative estimate of drug-likeness (QED) is 0.534. The highest BCUT2D eigenvalue weighted by atomic mass is 32.2. The van der Waals surface area contributed by atoms with E-state index in [2.05, 4.69) is 4.72 Å². The molecule has 0 amide bonds. The second-order valence-electron chi connectivity index (χ2n) is 7.42. The number of nitrogens with one attached hydrogen (secondary N) is 1. The number of ether oxygens (including phenoxy) is 1. The first kappa shape index (κ1) is 22.5. The van der Waals surface area contributed by atoms with Gasteiger partial charge in [0.25, 0.3) is 0 Å². The molecule has 162 valence electrons. The van der Waals surface area contributed by atoms with E-state index in [0.29, 0.717) is 17.7 Å². The lowest BCUT2D eigenvalue weighted by Crippen LogP contribution is -2.26. The molecule has 0 aliphatic carbocycles. The van der Waals surface area contributed by atoms with Gasteiger partial charge < -0.3 is 9.84 Å². The van der Waals surface area contributed by atoms with Crippen LogP contribution in [0.5, 0.6) is 11.5 Å². The highest BCUT2D eigenvalue weighted by molar-refractivity contribution is 7.89. The van der Waals surface area contributed by atoms with E-state index in [1.165, 1.54) is 23.8 Å². The predicted octanol–water partition coefficient (Wildman–Crippen LogP) is 4.62. The number of carboxylic acids is 1. The minimum absolute atomic E-state index is 0.0257. The van der Waals surface area contributed by atoms with Crippen LogP contribution in [0.25, 0.3) is 0 Å². The lowest BCUT2D eigenvalue weighted by Gasteiger charge is -2.10. The number of hydrogen-bond donors (Lipinski definition) is 2. The third-order valence-electron chi connectivity index (χ3n) is 5.09. The molecule has 6 nitrogen and oxygen atoms in total. The van der Waals surface area contributed by atoms with Crippen LogP contribution in [0.2, 0.25) is 0 Å². The summed E-state index contributed by atoms with van der Waals surface area (Å²) < 4.78 is 33.4. The fraction of sp³-hybridized carbons (Fsp3) is 0.208. The third-order valence-corrected chi connectivity index (χ3v) is 6.55. The molecule has 0 aliphatic rings. The van der Waals surface area contributed by atoms with Crippen LogP contribution in [0.15, 0.2) is 65.6 Å². The zero-order valence-corrected chi connectivity index (χ0v) is 18.5. The van der Waals surface area contributed by atoms with Gasteiger partial charge in [0.1, 0.15) is 11.5 Å². The minimum atomic E-state index is -3.80. The minimum Gasteiger partial charge on any atom is -0.478 e. The van der Waals surface area contributed by atoms with Gasteiger partial charge in [-0.25, -0.2) is 17.9 Å². The van der Waals surface area contributed by atoms with E-state index in [9.17, 15) is 18.3 Å². The molecular formula is C24H25NO5S. The Bertz CT molecular complexity index is 1200. The van der Waals surface area contributed by atoms with Gasteiger partial charge in [-0.15, -0.1) is 0 Å². The smallest absolute Gasteiger partial charge is 0.335 e. The van der Waals surface area contributed by atoms with E-state index < -0.39 is 16.0 Å². The van der Waals surface area contributed by atoms with Crippen LogP contribution in [-0.2, 0) is 16.4 Å². The number of benzene rings is 3. The summed E-state index contributed by atoms with van der Waals surface area (Å²) in [6, 6.07) is 17.5. The Morgan fingerprint density at radius 2 is 1.52 bits per heavy atom. The summed E-state index contributed by atoms with van der Waals surface area (Å²) in [6.07, 6.45) is 0.487. The Labute approximate surface area is 182 Å². The van der Waals surface area contributed by atoms with Crippen molar-refractivity contribution < 1.29 is 23.1 Å². The van der Waals surface area contributed by atoms with Gasteiger partial charge in [0.2, 0.25) is 10.0 Å². The largest absolute Gasteiger partial charge is 0.478 e. The van der Waals surface area contributed by atoms with Crippen molar-refractivity contribution in [1.82, 2.24) is 4.72 Å². The van der Waals surface area contributed by atoms with E-state index in [1.54, 1.807) is 6.92 Å².